The molecule has 9 heteroatoms. The number of halogens is 3. The van der Waals surface area contributed by atoms with Crippen molar-refractivity contribution in [3.8, 4) is 0 Å². The molecule has 1 saturated carbocycles. The fourth-order valence-electron chi connectivity index (χ4n) is 6.72. The molecule has 1 saturated heterocycles. The predicted octanol–water partition coefficient (Wildman–Crippen LogP) is 4.18. The van der Waals surface area contributed by atoms with Gasteiger partial charge in [0.1, 0.15) is 0 Å². The maximum atomic E-state index is 13.8. The number of carbonyl (C=O) groups excluding carboxylic acids is 2. The Morgan fingerprint density at radius 2 is 1.79 bits per heavy atom. The number of β-amino-alcohol motifs (C(OH)–C–C–N with tert-alkyl or cyclic N) is 1. The van der Waals surface area contributed by atoms with Gasteiger partial charge in [0.15, 0.2) is 0 Å². The summed E-state index contributed by atoms with van der Waals surface area (Å²) in [7, 11) is 0. The van der Waals surface area contributed by atoms with Gasteiger partial charge in [-0.1, -0.05) is 38.1 Å². The lowest BCUT2D eigenvalue weighted by Crippen LogP contribution is -2.54. The number of hydrogen-bond donors (Lipinski definition) is 2. The Kier molecular flexibility index (Phi) is 7.05. The van der Waals surface area contributed by atoms with Gasteiger partial charge in [-0.15, -0.1) is 12.4 Å². The average Bonchev–Trinajstić information content (AvgIpc) is 3.44. The number of nitrogens with one attached hydrogen (secondary N) is 1. The largest absolute Gasteiger partial charge is 0.390 e. The normalized spacial score (nSPS) is 24.8. The highest BCUT2D eigenvalue weighted by molar-refractivity contribution is 6.00. The van der Waals surface area contributed by atoms with Crippen molar-refractivity contribution in [1.29, 1.82) is 0 Å². The van der Waals surface area contributed by atoms with Gasteiger partial charge < -0.3 is 20.2 Å². The molecule has 1 aliphatic carbocycles. The molecule has 0 bridgehead atoms. The first-order valence-corrected chi connectivity index (χ1v) is 13.6. The predicted molar refractivity (Wildman–Crippen MR) is 147 cm³/mol. The Morgan fingerprint density at radius 1 is 1.13 bits per heavy atom. The number of carbonyl (C=O) groups is 2. The Labute approximate surface area is 234 Å². The number of nitrogens with zero attached hydrogens (tertiary/aromatic N) is 2. The summed E-state index contributed by atoms with van der Waals surface area (Å²) < 4.78 is 27.5. The molecule has 210 valence electrons. The van der Waals surface area contributed by atoms with E-state index in [2.05, 4.69) is 17.4 Å². The number of fused-ring (bicyclic) bond motifs is 2. The number of alkyl halides is 2. The number of amides is 2. The number of piperidine rings is 1. The molecule has 2 aromatic rings. The van der Waals surface area contributed by atoms with Crippen molar-refractivity contribution in [2.75, 3.05) is 26.2 Å². The fourth-order valence-corrected chi connectivity index (χ4v) is 6.72. The van der Waals surface area contributed by atoms with Gasteiger partial charge in [-0.2, -0.15) is 0 Å². The summed E-state index contributed by atoms with van der Waals surface area (Å²) in [4.78, 5) is 30.1. The van der Waals surface area contributed by atoms with Crippen LogP contribution in [-0.2, 0) is 18.4 Å². The van der Waals surface area contributed by atoms with Gasteiger partial charge in [-0.05, 0) is 54.2 Å². The molecule has 2 fully saturated rings. The number of rotatable bonds is 4. The van der Waals surface area contributed by atoms with Crippen LogP contribution in [0.4, 0.5) is 8.78 Å². The quantitative estimate of drug-likeness (QED) is 0.589. The Balaban J connectivity index is 0.00000308. The van der Waals surface area contributed by atoms with Gasteiger partial charge in [0.05, 0.1) is 6.10 Å². The number of likely N-dealkylation sites (tertiary alicyclic amines) is 1. The van der Waals surface area contributed by atoms with Gasteiger partial charge in [0.25, 0.3) is 17.7 Å². The summed E-state index contributed by atoms with van der Waals surface area (Å²) >= 11 is 0. The standard InChI is InChI=1S/C30H35F2N3O3.ClH/c1-28(2)18-35(16-25(36)24-14-19-5-3-4-6-21(19)15-33-24)27(38)22-8-7-20(13-23(22)28)26(37)34-11-9-29(10-12-34)17-30(29,31)32;/h3-8,13,24-25,33,36H,9-12,14-18H2,1-2H3;1H/t24-,25+;/m0./s1. The first-order valence-electron chi connectivity index (χ1n) is 13.6. The van der Waals surface area contributed by atoms with Crippen molar-refractivity contribution in [2.24, 2.45) is 5.41 Å². The summed E-state index contributed by atoms with van der Waals surface area (Å²) in [6.07, 6.45) is 0.595. The molecule has 2 atom stereocenters. The second kappa shape index (κ2) is 9.82. The average molecular weight is 560 g/mol. The second-order valence-corrected chi connectivity index (χ2v) is 12.3. The van der Waals surface area contributed by atoms with E-state index in [0.717, 1.165) is 5.56 Å². The van der Waals surface area contributed by atoms with Crippen LogP contribution < -0.4 is 5.32 Å². The first-order chi connectivity index (χ1) is 18.0. The van der Waals surface area contributed by atoms with Crippen LogP contribution in [0.25, 0.3) is 0 Å². The highest BCUT2D eigenvalue weighted by Gasteiger charge is 2.70. The molecule has 0 unspecified atom stereocenters. The van der Waals surface area contributed by atoms with E-state index in [1.165, 1.54) is 11.1 Å². The van der Waals surface area contributed by atoms with E-state index in [1.807, 2.05) is 26.0 Å². The maximum absolute atomic E-state index is 13.8. The van der Waals surface area contributed by atoms with E-state index >= 15 is 0 Å². The molecule has 2 aromatic carbocycles. The monoisotopic (exact) mass is 559 g/mol. The smallest absolute Gasteiger partial charge is 0.254 e. The van der Waals surface area contributed by atoms with Gasteiger partial charge in [-0.25, -0.2) is 8.78 Å². The summed E-state index contributed by atoms with van der Waals surface area (Å²) in [6.45, 7) is 6.10. The van der Waals surface area contributed by atoms with Crippen LogP contribution in [0.3, 0.4) is 0 Å². The SMILES string of the molecule is CC1(C)CN(C[C@@H](O)[C@@H]2Cc3ccccc3CN2)C(=O)c2ccc(C(=O)N3CCC4(CC3)CC4(F)F)cc21.Cl. The van der Waals surface area contributed by atoms with Crippen molar-refractivity contribution in [2.45, 2.75) is 69.6 Å². The lowest BCUT2D eigenvalue weighted by Gasteiger charge is -2.42. The molecule has 0 radical (unpaired) electrons. The van der Waals surface area contributed by atoms with Crippen LogP contribution in [0.5, 0.6) is 0 Å². The molecule has 3 heterocycles. The van der Waals surface area contributed by atoms with E-state index in [-0.39, 0.29) is 43.2 Å². The van der Waals surface area contributed by atoms with Crippen LogP contribution in [0.1, 0.15) is 70.5 Å². The lowest BCUT2D eigenvalue weighted by atomic mass is 9.77. The highest BCUT2D eigenvalue weighted by atomic mass is 35.5. The third-order valence-electron chi connectivity index (χ3n) is 9.30. The first kappa shape index (κ1) is 28.0. The van der Waals surface area contributed by atoms with E-state index < -0.39 is 22.9 Å². The van der Waals surface area contributed by atoms with Crippen LogP contribution in [0.15, 0.2) is 42.5 Å². The Bertz CT molecular complexity index is 1290. The molecule has 1 spiro atoms. The van der Waals surface area contributed by atoms with Crippen LogP contribution >= 0.6 is 12.4 Å². The van der Waals surface area contributed by atoms with Crippen molar-refractivity contribution < 1.29 is 23.5 Å². The summed E-state index contributed by atoms with van der Waals surface area (Å²) in [5.41, 5.74) is 2.97. The fraction of sp³-hybridized carbons (Fsp3) is 0.533. The van der Waals surface area contributed by atoms with Crippen molar-refractivity contribution in [3.05, 3.63) is 70.3 Å². The number of benzene rings is 2. The van der Waals surface area contributed by atoms with E-state index in [0.29, 0.717) is 56.6 Å². The molecule has 2 amide bonds. The van der Waals surface area contributed by atoms with E-state index in [9.17, 15) is 23.5 Å². The minimum atomic E-state index is -2.59. The number of aliphatic hydroxyl groups is 1. The molecule has 6 nitrogen and oxygen atoms in total. The molecule has 0 aromatic heterocycles. The lowest BCUT2D eigenvalue weighted by molar-refractivity contribution is 0.0284. The zero-order valence-electron chi connectivity index (χ0n) is 22.4. The van der Waals surface area contributed by atoms with Crippen molar-refractivity contribution >= 4 is 24.2 Å². The molecular formula is C30H36ClF2N3O3. The number of hydrogen-bond acceptors (Lipinski definition) is 4. The summed E-state index contributed by atoms with van der Waals surface area (Å²) in [6, 6.07) is 13.2. The molecule has 4 aliphatic rings. The molecule has 2 N–H and O–H groups in total. The molecule has 3 aliphatic heterocycles. The van der Waals surface area contributed by atoms with Gasteiger partial charge >= 0.3 is 0 Å². The van der Waals surface area contributed by atoms with E-state index in [1.54, 1.807) is 28.0 Å². The van der Waals surface area contributed by atoms with Crippen LogP contribution in [-0.4, -0.2) is 71.0 Å². The maximum Gasteiger partial charge on any atom is 0.254 e. The molecule has 39 heavy (non-hydrogen) atoms. The highest BCUT2D eigenvalue weighted by Crippen LogP contribution is 2.65. The Hall–Kier alpha value is -2.55. The number of aliphatic hydroxyl groups excluding tert-OH is 1. The summed E-state index contributed by atoms with van der Waals surface area (Å²) in [5, 5.41) is 14.5. The summed E-state index contributed by atoms with van der Waals surface area (Å²) in [5.74, 6) is -2.91. The zero-order valence-corrected chi connectivity index (χ0v) is 23.2. The van der Waals surface area contributed by atoms with Gasteiger partial charge in [0.2, 0.25) is 0 Å². The van der Waals surface area contributed by atoms with Crippen molar-refractivity contribution in [1.82, 2.24) is 15.1 Å². The van der Waals surface area contributed by atoms with Crippen LogP contribution in [0.2, 0.25) is 0 Å². The van der Waals surface area contributed by atoms with E-state index in [4.69, 9.17) is 0 Å². The third kappa shape index (κ3) is 4.85. The second-order valence-electron chi connectivity index (χ2n) is 12.3. The van der Waals surface area contributed by atoms with Gasteiger partial charge in [-0.3, -0.25) is 9.59 Å². The zero-order chi connectivity index (χ0) is 26.9. The Morgan fingerprint density at radius 3 is 2.46 bits per heavy atom. The molecule has 6 rings (SSSR count). The third-order valence-corrected chi connectivity index (χ3v) is 9.30. The topological polar surface area (TPSA) is 72.9 Å². The minimum absolute atomic E-state index is 0. The van der Waals surface area contributed by atoms with Gasteiger partial charge in [0, 0.05) is 67.1 Å². The minimum Gasteiger partial charge on any atom is -0.390 e. The van der Waals surface area contributed by atoms with Crippen LogP contribution in [0, 0.1) is 5.41 Å². The van der Waals surface area contributed by atoms with Crippen molar-refractivity contribution in [3.63, 3.8) is 0 Å². The molecular weight excluding hydrogens is 524 g/mol.